The fourth-order valence-corrected chi connectivity index (χ4v) is 0.691. The molecule has 12 heavy (non-hydrogen) atoms. The van der Waals surface area contributed by atoms with Gasteiger partial charge in [-0.1, -0.05) is 0 Å². The van der Waals surface area contributed by atoms with Crippen molar-refractivity contribution in [3.63, 3.8) is 0 Å². The molecule has 1 aromatic heterocycles. The molecule has 0 bridgehead atoms. The van der Waals surface area contributed by atoms with E-state index in [2.05, 4.69) is 4.98 Å². The minimum Gasteiger partial charge on any atom is -0.422 e. The maximum atomic E-state index is 10.2. The van der Waals surface area contributed by atoms with Crippen LogP contribution in [0.5, 0.6) is 0 Å². The number of aromatic nitrogens is 1. The van der Waals surface area contributed by atoms with E-state index in [0.29, 0.717) is 0 Å². The van der Waals surface area contributed by atoms with Gasteiger partial charge in [0.25, 0.3) is 5.69 Å². The molecular formula is C5H5BN2O4. The van der Waals surface area contributed by atoms with E-state index in [0.717, 1.165) is 12.3 Å². The highest BCUT2D eigenvalue weighted by molar-refractivity contribution is 6.57. The summed E-state index contributed by atoms with van der Waals surface area (Å²) >= 11 is 0. The molecule has 2 N–H and O–H groups in total. The van der Waals surface area contributed by atoms with Crippen LogP contribution < -0.4 is 5.59 Å². The Hall–Kier alpha value is -1.47. The second kappa shape index (κ2) is 3.29. The molecule has 7 heteroatoms. The summed E-state index contributed by atoms with van der Waals surface area (Å²) in [4.78, 5) is 13.1. The van der Waals surface area contributed by atoms with Crippen LogP contribution in [-0.4, -0.2) is 27.1 Å². The predicted molar refractivity (Wildman–Crippen MR) is 40.7 cm³/mol. The van der Waals surface area contributed by atoms with Crippen molar-refractivity contribution in [2.45, 2.75) is 0 Å². The minimum absolute atomic E-state index is 0.135. The Labute approximate surface area is 67.8 Å². The monoisotopic (exact) mass is 168 g/mol. The molecule has 0 saturated heterocycles. The smallest absolute Gasteiger partial charge is 0.422 e. The molecule has 0 radical (unpaired) electrons. The average Bonchev–Trinajstić information content (AvgIpc) is 2.04. The first-order chi connectivity index (χ1) is 5.61. The summed E-state index contributed by atoms with van der Waals surface area (Å²) in [6.45, 7) is 0. The van der Waals surface area contributed by atoms with E-state index in [1.807, 2.05) is 0 Å². The molecule has 0 aliphatic carbocycles. The maximum absolute atomic E-state index is 10.2. The number of nitrogens with zero attached hydrogens (tertiary/aromatic N) is 2. The van der Waals surface area contributed by atoms with Crippen molar-refractivity contribution >= 4 is 18.4 Å². The fraction of sp³-hybridized carbons (Fsp3) is 0. The first-order valence-electron chi connectivity index (χ1n) is 3.07. The maximum Gasteiger partial charge on any atom is 0.508 e. The lowest BCUT2D eigenvalue weighted by molar-refractivity contribution is -0.384. The number of hydrogen-bond acceptors (Lipinski definition) is 5. The van der Waals surface area contributed by atoms with Crippen LogP contribution in [0.1, 0.15) is 0 Å². The molecule has 0 amide bonds. The lowest BCUT2D eigenvalue weighted by Crippen LogP contribution is -2.32. The van der Waals surface area contributed by atoms with Crippen LogP contribution in [0.3, 0.4) is 0 Å². The lowest BCUT2D eigenvalue weighted by Gasteiger charge is -1.96. The highest BCUT2D eigenvalue weighted by atomic mass is 16.6. The first kappa shape index (κ1) is 8.63. The summed E-state index contributed by atoms with van der Waals surface area (Å²) in [6.07, 6.45) is 1.15. The van der Waals surface area contributed by atoms with Crippen LogP contribution in [0.25, 0.3) is 0 Å². The molecule has 0 fully saturated rings. The molecule has 6 nitrogen and oxygen atoms in total. The second-order valence-corrected chi connectivity index (χ2v) is 2.07. The van der Waals surface area contributed by atoms with Crippen molar-refractivity contribution < 1.29 is 15.0 Å². The lowest BCUT2D eigenvalue weighted by atomic mass is 9.85. The third kappa shape index (κ3) is 1.77. The van der Waals surface area contributed by atoms with Crippen LogP contribution in [0.4, 0.5) is 5.69 Å². The van der Waals surface area contributed by atoms with Crippen molar-refractivity contribution in [3.8, 4) is 0 Å². The Morgan fingerprint density at radius 1 is 1.58 bits per heavy atom. The van der Waals surface area contributed by atoms with Gasteiger partial charge >= 0.3 is 7.12 Å². The van der Waals surface area contributed by atoms with Gasteiger partial charge in [-0.15, -0.1) is 0 Å². The fourth-order valence-electron chi connectivity index (χ4n) is 0.691. The molecule has 0 aliphatic heterocycles. The van der Waals surface area contributed by atoms with Gasteiger partial charge in [0, 0.05) is 18.3 Å². The Kier molecular flexibility index (Phi) is 2.36. The number of hydrogen-bond donors (Lipinski definition) is 2. The van der Waals surface area contributed by atoms with Crippen molar-refractivity contribution in [1.29, 1.82) is 0 Å². The molecule has 1 rings (SSSR count). The summed E-state index contributed by atoms with van der Waals surface area (Å²) in [5, 5.41) is 27.4. The third-order valence-electron chi connectivity index (χ3n) is 1.24. The van der Waals surface area contributed by atoms with Crippen molar-refractivity contribution in [1.82, 2.24) is 4.98 Å². The van der Waals surface area contributed by atoms with Gasteiger partial charge in [0.15, 0.2) is 0 Å². The molecule has 0 saturated carbocycles. The quantitative estimate of drug-likeness (QED) is 0.324. The van der Waals surface area contributed by atoms with Gasteiger partial charge in [-0.25, -0.2) is 0 Å². The first-order valence-corrected chi connectivity index (χ1v) is 3.07. The van der Waals surface area contributed by atoms with Gasteiger partial charge in [0.05, 0.1) is 10.5 Å². The average molecular weight is 168 g/mol. The van der Waals surface area contributed by atoms with Crippen LogP contribution >= 0.6 is 0 Å². The topological polar surface area (TPSA) is 96.5 Å². The van der Waals surface area contributed by atoms with Gasteiger partial charge < -0.3 is 10.0 Å². The SMILES string of the molecule is O=[N+]([O-])c1ccnc(B(O)O)c1. The van der Waals surface area contributed by atoms with Crippen LogP contribution in [-0.2, 0) is 0 Å². The molecule has 0 atom stereocenters. The predicted octanol–water partition coefficient (Wildman–Crippen LogP) is -1.33. The third-order valence-corrected chi connectivity index (χ3v) is 1.24. The highest BCUT2D eigenvalue weighted by Crippen LogP contribution is 2.04. The molecule has 0 aliphatic rings. The van der Waals surface area contributed by atoms with Gasteiger partial charge in [-0.3, -0.25) is 15.1 Å². The molecule has 1 heterocycles. The summed E-state index contributed by atoms with van der Waals surface area (Å²) in [5.41, 5.74) is -0.350. The van der Waals surface area contributed by atoms with E-state index in [1.165, 1.54) is 6.07 Å². The van der Waals surface area contributed by atoms with Gasteiger partial charge in [-0.2, -0.15) is 0 Å². The molecule has 1 aromatic rings. The summed E-state index contributed by atoms with van der Waals surface area (Å²) in [5.74, 6) is 0. The normalized spacial score (nSPS) is 9.50. The molecule has 0 spiro atoms. The van der Waals surface area contributed by atoms with Gasteiger partial charge in [-0.05, 0) is 0 Å². The standard InChI is InChI=1S/C5H5BN2O4/c9-6(10)5-3-4(8(11)12)1-2-7-5/h1-3,9-10H. The van der Waals surface area contributed by atoms with E-state index >= 15 is 0 Å². The molecule has 62 valence electrons. The largest absolute Gasteiger partial charge is 0.508 e. The van der Waals surface area contributed by atoms with E-state index in [1.54, 1.807) is 0 Å². The summed E-state index contributed by atoms with van der Waals surface area (Å²) < 4.78 is 0. The zero-order chi connectivity index (χ0) is 9.14. The van der Waals surface area contributed by atoms with Crippen LogP contribution in [0.15, 0.2) is 18.3 Å². The van der Waals surface area contributed by atoms with Gasteiger partial charge in [0.1, 0.15) is 0 Å². The van der Waals surface area contributed by atoms with E-state index in [-0.39, 0.29) is 11.3 Å². The van der Waals surface area contributed by atoms with E-state index in [4.69, 9.17) is 10.0 Å². The highest BCUT2D eigenvalue weighted by Gasteiger charge is 2.16. The van der Waals surface area contributed by atoms with E-state index < -0.39 is 12.0 Å². The Morgan fingerprint density at radius 3 is 2.75 bits per heavy atom. The Balaban J connectivity index is 3.04. The summed E-state index contributed by atoms with van der Waals surface area (Å²) in [7, 11) is -1.77. The Morgan fingerprint density at radius 2 is 2.25 bits per heavy atom. The zero-order valence-corrected chi connectivity index (χ0v) is 5.91. The number of nitro groups is 1. The van der Waals surface area contributed by atoms with Crippen molar-refractivity contribution in [2.24, 2.45) is 0 Å². The molecule has 0 aromatic carbocycles. The van der Waals surface area contributed by atoms with Crippen molar-refractivity contribution in [2.75, 3.05) is 0 Å². The molecular weight excluding hydrogens is 163 g/mol. The zero-order valence-electron chi connectivity index (χ0n) is 5.91. The molecule has 0 unspecified atom stereocenters. The minimum atomic E-state index is -1.77. The number of rotatable bonds is 2. The van der Waals surface area contributed by atoms with E-state index in [9.17, 15) is 10.1 Å². The summed E-state index contributed by atoms with van der Waals surface area (Å²) in [6, 6.07) is 2.18. The Bertz CT molecular complexity index is 303. The van der Waals surface area contributed by atoms with Crippen LogP contribution in [0, 0.1) is 10.1 Å². The van der Waals surface area contributed by atoms with Crippen molar-refractivity contribution in [3.05, 3.63) is 28.4 Å². The number of pyridine rings is 1. The second-order valence-electron chi connectivity index (χ2n) is 2.07. The van der Waals surface area contributed by atoms with Gasteiger partial charge in [0.2, 0.25) is 0 Å². The van der Waals surface area contributed by atoms with Crippen LogP contribution in [0.2, 0.25) is 0 Å².